The Morgan fingerprint density at radius 2 is 1.38 bits per heavy atom. The molecule has 0 aliphatic carbocycles. The van der Waals surface area contributed by atoms with Gasteiger partial charge in [0.1, 0.15) is 0 Å². The second kappa shape index (κ2) is 7.67. The summed E-state index contributed by atoms with van der Waals surface area (Å²) in [6.45, 7) is 14.7. The van der Waals surface area contributed by atoms with E-state index >= 15 is 0 Å². The molecule has 0 spiro atoms. The molecule has 0 unspecified atom stereocenters. The molecule has 0 atom stereocenters. The third kappa shape index (κ3) is 4.17. The maximum Gasteiger partial charge on any atom is 0.0811 e. The molecule has 2 aromatic carbocycles. The molecule has 0 amide bonds. The molecule has 24 heavy (non-hydrogen) atoms. The fraction of sp³-hybridized carbons (Fsp3) is 0.364. The minimum atomic E-state index is -1.47. The summed E-state index contributed by atoms with van der Waals surface area (Å²) in [7, 11) is -2.86. The van der Waals surface area contributed by atoms with Crippen molar-refractivity contribution in [2.75, 3.05) is 0 Å². The van der Waals surface area contributed by atoms with Crippen LogP contribution in [0.15, 0.2) is 54.6 Å². The largest absolute Gasteiger partial charge is 0.0811 e. The van der Waals surface area contributed by atoms with Crippen LogP contribution in [0.1, 0.15) is 25.0 Å². The van der Waals surface area contributed by atoms with Gasteiger partial charge in [-0.25, -0.2) is 0 Å². The van der Waals surface area contributed by atoms with Crippen LogP contribution in [0, 0.1) is 0 Å². The van der Waals surface area contributed by atoms with E-state index in [-0.39, 0.29) is 0 Å². The highest BCUT2D eigenvalue weighted by atomic mass is 28.3. The number of hydrogen-bond donors (Lipinski definition) is 0. The van der Waals surface area contributed by atoms with Gasteiger partial charge >= 0.3 is 0 Å². The van der Waals surface area contributed by atoms with E-state index in [1.807, 2.05) is 0 Å². The third-order valence-corrected chi connectivity index (χ3v) is 12.9. The topological polar surface area (TPSA) is 0 Å². The van der Waals surface area contributed by atoms with E-state index in [0.717, 1.165) is 0 Å². The summed E-state index contributed by atoms with van der Waals surface area (Å²) in [5.74, 6) is 0. The lowest BCUT2D eigenvalue weighted by molar-refractivity contribution is 1.36. The predicted molar refractivity (Wildman–Crippen MR) is 116 cm³/mol. The standard InChI is InChI=1S/C22H32Si2/c1-7-23(3,4)21-17-13-12-16-20(21)22(24(5,6)8-2)18-19-14-10-9-11-15-19/h9-18H,7-8H2,1-6H3/b22-18-. The molecule has 0 saturated heterocycles. The molecule has 0 nitrogen and oxygen atoms in total. The minimum absolute atomic E-state index is 1.27. The molecule has 0 aromatic heterocycles. The van der Waals surface area contributed by atoms with Gasteiger partial charge in [-0.15, -0.1) is 0 Å². The van der Waals surface area contributed by atoms with Gasteiger partial charge in [-0.1, -0.05) is 123 Å². The fourth-order valence-corrected chi connectivity index (χ4v) is 6.93. The molecule has 128 valence electrons. The molecular formula is C22H32Si2. The number of hydrogen-bond acceptors (Lipinski definition) is 0. The molecule has 0 fully saturated rings. The summed E-state index contributed by atoms with van der Waals surface area (Å²) in [6.07, 6.45) is 2.47. The molecular weight excluding hydrogens is 320 g/mol. The summed E-state index contributed by atoms with van der Waals surface area (Å²) in [5.41, 5.74) is 2.85. The summed E-state index contributed by atoms with van der Waals surface area (Å²) in [6, 6.07) is 22.6. The maximum atomic E-state index is 2.51. The summed E-state index contributed by atoms with van der Waals surface area (Å²) in [5, 5.41) is 3.24. The van der Waals surface area contributed by atoms with Gasteiger partial charge in [0.25, 0.3) is 0 Å². The van der Waals surface area contributed by atoms with Crippen molar-refractivity contribution in [3.05, 3.63) is 65.7 Å². The van der Waals surface area contributed by atoms with Gasteiger partial charge < -0.3 is 0 Å². The first-order valence-electron chi connectivity index (χ1n) is 9.19. The van der Waals surface area contributed by atoms with Crippen LogP contribution in [-0.4, -0.2) is 16.1 Å². The summed E-state index contributed by atoms with van der Waals surface area (Å²) in [4.78, 5) is 0. The van der Waals surface area contributed by atoms with Crippen molar-refractivity contribution in [1.29, 1.82) is 0 Å². The lowest BCUT2D eigenvalue weighted by Gasteiger charge is -2.31. The normalized spacial score (nSPS) is 13.2. The molecule has 2 rings (SSSR count). The van der Waals surface area contributed by atoms with Gasteiger partial charge in [0.2, 0.25) is 0 Å². The average molecular weight is 353 g/mol. The Balaban J connectivity index is 2.69. The van der Waals surface area contributed by atoms with E-state index < -0.39 is 16.1 Å². The van der Waals surface area contributed by atoms with Gasteiger partial charge in [-0.2, -0.15) is 0 Å². The van der Waals surface area contributed by atoms with Crippen molar-refractivity contribution in [2.24, 2.45) is 0 Å². The predicted octanol–water partition coefficient (Wildman–Crippen LogP) is 6.43. The highest BCUT2D eigenvalue weighted by Crippen LogP contribution is 2.31. The monoisotopic (exact) mass is 352 g/mol. The molecule has 2 aromatic rings. The van der Waals surface area contributed by atoms with Gasteiger partial charge in [0.05, 0.1) is 16.1 Å². The van der Waals surface area contributed by atoms with E-state index in [1.165, 1.54) is 23.2 Å². The third-order valence-electron chi connectivity index (χ3n) is 5.55. The summed E-state index contributed by atoms with van der Waals surface area (Å²) >= 11 is 0. The van der Waals surface area contributed by atoms with Crippen LogP contribution < -0.4 is 5.19 Å². The molecule has 0 bridgehead atoms. The first-order chi connectivity index (χ1) is 11.3. The van der Waals surface area contributed by atoms with Gasteiger partial charge in [-0.3, -0.25) is 0 Å². The fourth-order valence-electron chi connectivity index (χ4n) is 3.04. The molecule has 0 aliphatic rings. The maximum absolute atomic E-state index is 2.51. The van der Waals surface area contributed by atoms with Crippen LogP contribution in [0.25, 0.3) is 11.3 Å². The average Bonchev–Trinajstić information content (AvgIpc) is 2.60. The molecule has 0 radical (unpaired) electrons. The van der Waals surface area contributed by atoms with E-state index in [2.05, 4.69) is 101 Å². The van der Waals surface area contributed by atoms with E-state index in [9.17, 15) is 0 Å². The first kappa shape index (κ1) is 18.9. The summed E-state index contributed by atoms with van der Waals surface area (Å²) < 4.78 is 0. The molecule has 2 heteroatoms. The van der Waals surface area contributed by atoms with Crippen molar-refractivity contribution in [2.45, 2.75) is 52.1 Å². The molecule has 0 aliphatic heterocycles. The number of rotatable bonds is 6. The SMILES string of the molecule is CC[Si](C)(C)/C(=C\c1ccccc1)c1ccccc1[Si](C)(C)CC. The van der Waals surface area contributed by atoms with Crippen LogP contribution in [0.3, 0.4) is 0 Å². The van der Waals surface area contributed by atoms with Crippen LogP contribution in [0.4, 0.5) is 0 Å². The van der Waals surface area contributed by atoms with E-state index in [1.54, 1.807) is 10.4 Å². The smallest absolute Gasteiger partial charge is 0.0675 e. The lowest BCUT2D eigenvalue weighted by atomic mass is 10.1. The Labute approximate surface area is 150 Å². The zero-order chi connectivity index (χ0) is 17.8. The van der Waals surface area contributed by atoms with Crippen molar-refractivity contribution in [3.63, 3.8) is 0 Å². The van der Waals surface area contributed by atoms with Crippen LogP contribution in [0.5, 0.6) is 0 Å². The second-order valence-corrected chi connectivity index (χ2v) is 18.0. The van der Waals surface area contributed by atoms with Gasteiger partial charge in [0.15, 0.2) is 0 Å². The highest BCUT2D eigenvalue weighted by molar-refractivity contribution is 6.97. The second-order valence-electron chi connectivity index (χ2n) is 7.99. The van der Waals surface area contributed by atoms with E-state index in [0.29, 0.717) is 0 Å². The Morgan fingerprint density at radius 1 is 0.792 bits per heavy atom. The highest BCUT2D eigenvalue weighted by Gasteiger charge is 2.30. The molecule has 0 saturated carbocycles. The number of benzene rings is 2. The first-order valence-corrected chi connectivity index (χ1v) is 15.6. The zero-order valence-electron chi connectivity index (χ0n) is 16.2. The molecule has 0 N–H and O–H groups in total. The van der Waals surface area contributed by atoms with Crippen molar-refractivity contribution in [1.82, 2.24) is 0 Å². The van der Waals surface area contributed by atoms with E-state index in [4.69, 9.17) is 0 Å². The van der Waals surface area contributed by atoms with Crippen molar-refractivity contribution < 1.29 is 0 Å². The van der Waals surface area contributed by atoms with Crippen molar-refractivity contribution >= 4 is 32.6 Å². The zero-order valence-corrected chi connectivity index (χ0v) is 18.2. The van der Waals surface area contributed by atoms with Gasteiger partial charge in [-0.05, 0) is 11.1 Å². The van der Waals surface area contributed by atoms with Crippen molar-refractivity contribution in [3.8, 4) is 0 Å². The minimum Gasteiger partial charge on any atom is -0.0675 e. The Hall–Kier alpha value is -1.39. The van der Waals surface area contributed by atoms with Crippen LogP contribution in [0.2, 0.25) is 38.3 Å². The lowest BCUT2D eigenvalue weighted by Crippen LogP contribution is -2.44. The van der Waals surface area contributed by atoms with Gasteiger partial charge in [0, 0.05) is 0 Å². The van der Waals surface area contributed by atoms with Crippen LogP contribution in [-0.2, 0) is 0 Å². The molecule has 0 heterocycles. The van der Waals surface area contributed by atoms with Crippen LogP contribution >= 0.6 is 0 Å². The quantitative estimate of drug-likeness (QED) is 0.415. The Bertz CT molecular complexity index is 697. The Kier molecular flexibility index (Phi) is 6.05. The Morgan fingerprint density at radius 3 is 1.96 bits per heavy atom.